The van der Waals surface area contributed by atoms with Crippen LogP contribution >= 0.6 is 0 Å². The molecule has 6 heteroatoms. The highest BCUT2D eigenvalue weighted by molar-refractivity contribution is 6.21. The SMILES string of the molecule is CN(CCN1C(=O)c2ccccc2C1=O)c1cccc(C#N)n1. The van der Waals surface area contributed by atoms with Crippen molar-refractivity contribution < 1.29 is 9.59 Å². The van der Waals surface area contributed by atoms with Crippen LogP contribution in [0.3, 0.4) is 0 Å². The second-order valence-electron chi connectivity index (χ2n) is 5.22. The predicted molar refractivity (Wildman–Crippen MR) is 84.0 cm³/mol. The summed E-state index contributed by atoms with van der Waals surface area (Å²) in [5.41, 5.74) is 1.23. The Bertz CT molecular complexity index is 790. The number of amides is 2. The average molecular weight is 306 g/mol. The minimum absolute atomic E-state index is 0.265. The molecule has 0 saturated carbocycles. The number of pyridine rings is 1. The van der Waals surface area contributed by atoms with E-state index in [0.29, 0.717) is 29.2 Å². The number of anilines is 1. The highest BCUT2D eigenvalue weighted by atomic mass is 16.2. The number of fused-ring (bicyclic) bond motifs is 1. The zero-order chi connectivity index (χ0) is 16.4. The summed E-state index contributed by atoms with van der Waals surface area (Å²) in [6.45, 7) is 0.703. The summed E-state index contributed by atoms with van der Waals surface area (Å²) in [7, 11) is 1.81. The second-order valence-corrected chi connectivity index (χ2v) is 5.22. The van der Waals surface area contributed by atoms with Crippen molar-refractivity contribution in [2.24, 2.45) is 0 Å². The first-order chi connectivity index (χ1) is 11.1. The molecule has 1 aliphatic rings. The summed E-state index contributed by atoms with van der Waals surface area (Å²) in [4.78, 5) is 31.8. The molecule has 1 aromatic heterocycles. The van der Waals surface area contributed by atoms with E-state index in [4.69, 9.17) is 5.26 Å². The molecule has 0 aliphatic carbocycles. The van der Waals surface area contributed by atoms with Crippen LogP contribution < -0.4 is 4.90 Å². The van der Waals surface area contributed by atoms with E-state index in [9.17, 15) is 9.59 Å². The number of likely N-dealkylation sites (N-methyl/N-ethyl adjacent to an activating group) is 1. The number of carbonyl (C=O) groups is 2. The zero-order valence-electron chi connectivity index (χ0n) is 12.6. The van der Waals surface area contributed by atoms with E-state index in [1.54, 1.807) is 42.5 Å². The van der Waals surface area contributed by atoms with Crippen molar-refractivity contribution in [3.63, 3.8) is 0 Å². The first-order valence-corrected chi connectivity index (χ1v) is 7.15. The Hall–Kier alpha value is -3.20. The predicted octanol–water partition coefficient (Wildman–Crippen LogP) is 1.69. The van der Waals surface area contributed by atoms with Gasteiger partial charge in [-0.2, -0.15) is 5.26 Å². The molecule has 114 valence electrons. The van der Waals surface area contributed by atoms with Gasteiger partial charge in [-0.05, 0) is 24.3 Å². The molecule has 3 rings (SSSR count). The van der Waals surface area contributed by atoms with Gasteiger partial charge in [0.2, 0.25) is 0 Å². The monoisotopic (exact) mass is 306 g/mol. The number of hydrogen-bond donors (Lipinski definition) is 0. The van der Waals surface area contributed by atoms with Crippen molar-refractivity contribution in [2.45, 2.75) is 0 Å². The van der Waals surface area contributed by atoms with Crippen molar-refractivity contribution in [1.29, 1.82) is 5.26 Å². The largest absolute Gasteiger partial charge is 0.358 e. The lowest BCUT2D eigenvalue weighted by molar-refractivity contribution is 0.0658. The maximum atomic E-state index is 12.3. The quantitative estimate of drug-likeness (QED) is 0.803. The fraction of sp³-hybridized carbons (Fsp3) is 0.176. The molecular weight excluding hydrogens is 292 g/mol. The van der Waals surface area contributed by atoms with Gasteiger partial charge in [-0.1, -0.05) is 18.2 Å². The highest BCUT2D eigenvalue weighted by Crippen LogP contribution is 2.22. The number of nitrogens with zero attached hydrogens (tertiary/aromatic N) is 4. The Morgan fingerprint density at radius 1 is 1.09 bits per heavy atom. The molecule has 0 saturated heterocycles. The smallest absolute Gasteiger partial charge is 0.261 e. The normalized spacial score (nSPS) is 13.0. The second kappa shape index (κ2) is 5.89. The Morgan fingerprint density at radius 2 is 1.74 bits per heavy atom. The zero-order valence-corrected chi connectivity index (χ0v) is 12.6. The van der Waals surface area contributed by atoms with Crippen LogP contribution in [0.5, 0.6) is 0 Å². The Morgan fingerprint density at radius 3 is 2.35 bits per heavy atom. The Kier molecular flexibility index (Phi) is 3.77. The van der Waals surface area contributed by atoms with E-state index < -0.39 is 0 Å². The lowest BCUT2D eigenvalue weighted by Crippen LogP contribution is -2.37. The van der Waals surface area contributed by atoms with E-state index >= 15 is 0 Å². The summed E-state index contributed by atoms with van der Waals surface area (Å²) in [6.07, 6.45) is 0. The molecule has 0 unspecified atom stereocenters. The highest BCUT2D eigenvalue weighted by Gasteiger charge is 2.34. The number of aromatic nitrogens is 1. The van der Waals surface area contributed by atoms with Crippen LogP contribution in [0.15, 0.2) is 42.5 Å². The van der Waals surface area contributed by atoms with Gasteiger partial charge in [-0.25, -0.2) is 4.98 Å². The van der Waals surface area contributed by atoms with Crippen LogP contribution in [-0.4, -0.2) is 41.8 Å². The van der Waals surface area contributed by atoms with Gasteiger partial charge in [0.15, 0.2) is 0 Å². The van der Waals surface area contributed by atoms with E-state index in [2.05, 4.69) is 4.98 Å². The molecule has 2 heterocycles. The molecule has 2 amide bonds. The summed E-state index contributed by atoms with van der Waals surface area (Å²) >= 11 is 0. The van der Waals surface area contributed by atoms with Crippen molar-refractivity contribution in [2.75, 3.05) is 25.0 Å². The van der Waals surface area contributed by atoms with Crippen LogP contribution in [0.25, 0.3) is 0 Å². The molecule has 23 heavy (non-hydrogen) atoms. The van der Waals surface area contributed by atoms with Gasteiger partial charge in [0, 0.05) is 20.1 Å². The molecular formula is C17H14N4O2. The minimum atomic E-state index is -0.266. The standard InChI is InChI=1S/C17H14N4O2/c1-20(15-8-4-5-12(11-18)19-15)9-10-21-16(22)13-6-2-3-7-14(13)17(21)23/h2-8H,9-10H2,1H3. The number of imide groups is 1. The number of carbonyl (C=O) groups excluding carboxylic acids is 2. The summed E-state index contributed by atoms with van der Waals surface area (Å²) in [5, 5.41) is 8.89. The molecule has 0 fully saturated rings. The molecule has 0 spiro atoms. The van der Waals surface area contributed by atoms with Gasteiger partial charge in [0.05, 0.1) is 11.1 Å². The lowest BCUT2D eigenvalue weighted by Gasteiger charge is -2.21. The van der Waals surface area contributed by atoms with Crippen molar-refractivity contribution in [3.8, 4) is 6.07 Å². The van der Waals surface area contributed by atoms with E-state index in [0.717, 1.165) is 0 Å². The van der Waals surface area contributed by atoms with Crippen LogP contribution in [-0.2, 0) is 0 Å². The first kappa shape index (κ1) is 14.7. The van der Waals surface area contributed by atoms with Crippen LogP contribution in [0.4, 0.5) is 5.82 Å². The number of rotatable bonds is 4. The summed E-state index contributed by atoms with van der Waals surface area (Å²) < 4.78 is 0. The minimum Gasteiger partial charge on any atom is -0.358 e. The molecule has 0 radical (unpaired) electrons. The number of nitriles is 1. The van der Waals surface area contributed by atoms with E-state index in [-0.39, 0.29) is 18.4 Å². The van der Waals surface area contributed by atoms with Crippen LogP contribution in [0, 0.1) is 11.3 Å². The number of hydrogen-bond acceptors (Lipinski definition) is 5. The third-order valence-corrected chi connectivity index (χ3v) is 3.78. The van der Waals surface area contributed by atoms with Gasteiger partial charge < -0.3 is 4.90 Å². The molecule has 1 aliphatic heterocycles. The Balaban J connectivity index is 1.71. The Labute approximate surface area is 133 Å². The molecule has 1 aromatic carbocycles. The van der Waals surface area contributed by atoms with Crippen molar-refractivity contribution >= 4 is 17.6 Å². The van der Waals surface area contributed by atoms with Crippen molar-refractivity contribution in [1.82, 2.24) is 9.88 Å². The third kappa shape index (κ3) is 2.64. The third-order valence-electron chi connectivity index (χ3n) is 3.78. The van der Waals surface area contributed by atoms with Gasteiger partial charge >= 0.3 is 0 Å². The maximum absolute atomic E-state index is 12.3. The summed E-state index contributed by atoms with van der Waals surface area (Å²) in [6, 6.07) is 14.0. The fourth-order valence-electron chi connectivity index (χ4n) is 2.50. The molecule has 2 aromatic rings. The molecule has 6 nitrogen and oxygen atoms in total. The summed E-state index contributed by atoms with van der Waals surface area (Å²) in [5.74, 6) is 0.0936. The van der Waals surface area contributed by atoms with Crippen LogP contribution in [0.2, 0.25) is 0 Å². The fourth-order valence-corrected chi connectivity index (χ4v) is 2.50. The maximum Gasteiger partial charge on any atom is 0.261 e. The molecule has 0 atom stereocenters. The van der Waals surface area contributed by atoms with Gasteiger partial charge in [0.1, 0.15) is 17.6 Å². The van der Waals surface area contributed by atoms with Gasteiger partial charge in [-0.3, -0.25) is 14.5 Å². The average Bonchev–Trinajstić information content (AvgIpc) is 2.84. The molecule has 0 bridgehead atoms. The molecule has 0 N–H and O–H groups in total. The van der Waals surface area contributed by atoms with Gasteiger partial charge in [-0.15, -0.1) is 0 Å². The first-order valence-electron chi connectivity index (χ1n) is 7.15. The topological polar surface area (TPSA) is 77.3 Å². The lowest BCUT2D eigenvalue weighted by atomic mass is 10.1. The van der Waals surface area contributed by atoms with Gasteiger partial charge in [0.25, 0.3) is 11.8 Å². The van der Waals surface area contributed by atoms with Crippen molar-refractivity contribution in [3.05, 3.63) is 59.3 Å². The van der Waals surface area contributed by atoms with E-state index in [1.165, 1.54) is 4.90 Å². The number of benzene rings is 1. The van der Waals surface area contributed by atoms with Crippen LogP contribution in [0.1, 0.15) is 26.4 Å². The van der Waals surface area contributed by atoms with E-state index in [1.807, 2.05) is 18.0 Å².